The van der Waals surface area contributed by atoms with Gasteiger partial charge in [-0.1, -0.05) is 0 Å². The minimum Gasteiger partial charge on any atom is -0.303 e. The van der Waals surface area contributed by atoms with Crippen molar-refractivity contribution in [3.8, 4) is 0 Å². The van der Waals surface area contributed by atoms with Crippen LogP contribution in [0.2, 0.25) is 0 Å². The second kappa shape index (κ2) is 2.66. The van der Waals surface area contributed by atoms with Crippen molar-refractivity contribution in [3.63, 3.8) is 0 Å². The zero-order valence-corrected chi connectivity index (χ0v) is 4.80. The maximum Gasteiger partial charge on any atom is 0.311 e. The van der Waals surface area contributed by atoms with Gasteiger partial charge in [0.2, 0.25) is 0 Å². The zero-order valence-electron chi connectivity index (χ0n) is 4.80. The molecule has 0 rings (SSSR count). The molecule has 52 valence electrons. The molecule has 0 aliphatic rings. The molecule has 0 amide bonds. The van der Waals surface area contributed by atoms with Gasteiger partial charge in [0.1, 0.15) is 6.29 Å². The Labute approximate surface area is 50.9 Å². The largest absolute Gasteiger partial charge is 0.311 e. The summed E-state index contributed by atoms with van der Waals surface area (Å²) in [6, 6.07) is 0. The molecule has 0 aromatic rings. The van der Waals surface area contributed by atoms with E-state index in [1.54, 1.807) is 0 Å². The third-order valence-corrected chi connectivity index (χ3v) is 0.968. The number of hydrogen-bond donors (Lipinski definition) is 0. The predicted molar refractivity (Wildman–Crippen MR) is 26.2 cm³/mol. The smallest absolute Gasteiger partial charge is 0.303 e. The molecule has 0 fully saturated rings. The third-order valence-electron chi connectivity index (χ3n) is 0.968. The van der Waals surface area contributed by atoms with Crippen molar-refractivity contribution in [2.75, 3.05) is 0 Å². The molecule has 1 unspecified atom stereocenters. The minimum absolute atomic E-state index is 0.0500. The van der Waals surface area contributed by atoms with Gasteiger partial charge < -0.3 is 4.79 Å². The first-order valence-corrected chi connectivity index (χ1v) is 2.34. The standard InChI is InChI=1S/C5H6F2O2/c1-4(2-8)5(6,7)3-9/h2-4H,1H3. The van der Waals surface area contributed by atoms with E-state index in [9.17, 15) is 18.4 Å². The molecule has 0 bridgehead atoms. The van der Waals surface area contributed by atoms with Gasteiger partial charge in [0, 0.05) is 0 Å². The van der Waals surface area contributed by atoms with Crippen LogP contribution in [0, 0.1) is 5.92 Å². The van der Waals surface area contributed by atoms with E-state index < -0.39 is 18.1 Å². The van der Waals surface area contributed by atoms with E-state index in [-0.39, 0.29) is 6.29 Å². The van der Waals surface area contributed by atoms with Gasteiger partial charge in [-0.2, -0.15) is 8.78 Å². The molecule has 0 aliphatic heterocycles. The number of rotatable bonds is 3. The summed E-state index contributed by atoms with van der Waals surface area (Å²) < 4.78 is 23.9. The lowest BCUT2D eigenvalue weighted by Gasteiger charge is -2.09. The quantitative estimate of drug-likeness (QED) is 0.534. The molecular weight excluding hydrogens is 130 g/mol. The molecule has 0 aromatic heterocycles. The van der Waals surface area contributed by atoms with Gasteiger partial charge in [0.05, 0.1) is 5.92 Å². The highest BCUT2D eigenvalue weighted by molar-refractivity contribution is 5.69. The van der Waals surface area contributed by atoms with Gasteiger partial charge in [0.15, 0.2) is 6.29 Å². The summed E-state index contributed by atoms with van der Waals surface area (Å²) in [6.45, 7) is 0.988. The highest BCUT2D eigenvalue weighted by Gasteiger charge is 2.35. The molecule has 4 heteroatoms. The van der Waals surface area contributed by atoms with Crippen LogP contribution in [0.5, 0.6) is 0 Å². The van der Waals surface area contributed by atoms with Crippen LogP contribution in [0.25, 0.3) is 0 Å². The highest BCUT2D eigenvalue weighted by atomic mass is 19.3. The van der Waals surface area contributed by atoms with Crippen LogP contribution in [-0.2, 0) is 9.59 Å². The zero-order chi connectivity index (χ0) is 7.49. The molecule has 0 spiro atoms. The summed E-state index contributed by atoms with van der Waals surface area (Å²) in [6.07, 6.45) is -0.472. The maximum absolute atomic E-state index is 11.9. The van der Waals surface area contributed by atoms with E-state index in [0.29, 0.717) is 0 Å². The molecule has 0 saturated heterocycles. The fourth-order valence-electron chi connectivity index (χ4n) is 0.198. The average Bonchev–Trinajstić information content (AvgIpc) is 1.86. The first-order chi connectivity index (χ1) is 4.04. The fourth-order valence-corrected chi connectivity index (χ4v) is 0.198. The Bertz CT molecular complexity index is 122. The molecule has 0 aliphatic carbocycles. The first-order valence-electron chi connectivity index (χ1n) is 2.34. The van der Waals surface area contributed by atoms with Crippen molar-refractivity contribution in [1.82, 2.24) is 0 Å². The monoisotopic (exact) mass is 136 g/mol. The van der Waals surface area contributed by atoms with Gasteiger partial charge in [-0.3, -0.25) is 4.79 Å². The summed E-state index contributed by atoms with van der Waals surface area (Å²) in [5.41, 5.74) is 0. The first kappa shape index (κ1) is 8.20. The van der Waals surface area contributed by atoms with E-state index in [4.69, 9.17) is 0 Å². The predicted octanol–water partition coefficient (Wildman–Crippen LogP) is 0.656. The van der Waals surface area contributed by atoms with Crippen molar-refractivity contribution in [2.45, 2.75) is 12.8 Å². The fraction of sp³-hybridized carbons (Fsp3) is 0.600. The SMILES string of the molecule is CC(C=O)C(F)(F)C=O. The van der Waals surface area contributed by atoms with E-state index in [1.807, 2.05) is 0 Å². The number of carbonyl (C=O) groups excluding carboxylic acids is 2. The van der Waals surface area contributed by atoms with E-state index in [2.05, 4.69) is 0 Å². The molecule has 0 radical (unpaired) electrons. The lowest BCUT2D eigenvalue weighted by molar-refractivity contribution is -0.141. The van der Waals surface area contributed by atoms with Gasteiger partial charge in [-0.25, -0.2) is 0 Å². The molecular formula is C5H6F2O2. The summed E-state index contributed by atoms with van der Waals surface area (Å²) in [5, 5.41) is 0. The van der Waals surface area contributed by atoms with Crippen LogP contribution in [0.3, 0.4) is 0 Å². The molecule has 0 N–H and O–H groups in total. The lowest BCUT2D eigenvalue weighted by Crippen LogP contribution is -2.28. The van der Waals surface area contributed by atoms with Crippen molar-refractivity contribution < 1.29 is 18.4 Å². The van der Waals surface area contributed by atoms with Crippen molar-refractivity contribution in [2.24, 2.45) is 5.92 Å². The number of alkyl halides is 2. The van der Waals surface area contributed by atoms with Crippen molar-refractivity contribution in [1.29, 1.82) is 0 Å². The van der Waals surface area contributed by atoms with Gasteiger partial charge >= 0.3 is 5.92 Å². The Morgan fingerprint density at radius 2 is 1.89 bits per heavy atom. The normalized spacial score (nSPS) is 14.6. The molecule has 0 saturated carbocycles. The van der Waals surface area contributed by atoms with Crippen molar-refractivity contribution in [3.05, 3.63) is 0 Å². The Morgan fingerprint density at radius 1 is 1.44 bits per heavy atom. The van der Waals surface area contributed by atoms with Gasteiger partial charge in [-0.05, 0) is 6.92 Å². The summed E-state index contributed by atoms with van der Waals surface area (Å²) >= 11 is 0. The third kappa shape index (κ3) is 1.87. The number of aldehydes is 2. The van der Waals surface area contributed by atoms with Crippen LogP contribution in [0.4, 0.5) is 8.78 Å². The lowest BCUT2D eigenvalue weighted by atomic mass is 10.1. The summed E-state index contributed by atoms with van der Waals surface area (Å²) in [4.78, 5) is 19.2. The van der Waals surface area contributed by atoms with Gasteiger partial charge in [-0.15, -0.1) is 0 Å². The van der Waals surface area contributed by atoms with Crippen LogP contribution in [0.15, 0.2) is 0 Å². The summed E-state index contributed by atoms with van der Waals surface area (Å²) in [7, 11) is 0. The van der Waals surface area contributed by atoms with Crippen molar-refractivity contribution >= 4 is 12.6 Å². The second-order valence-corrected chi connectivity index (χ2v) is 1.72. The van der Waals surface area contributed by atoms with Crippen LogP contribution < -0.4 is 0 Å². The number of hydrogen-bond acceptors (Lipinski definition) is 2. The van der Waals surface area contributed by atoms with Gasteiger partial charge in [0.25, 0.3) is 0 Å². The Kier molecular flexibility index (Phi) is 2.42. The maximum atomic E-state index is 11.9. The van der Waals surface area contributed by atoms with Crippen LogP contribution in [0.1, 0.15) is 6.92 Å². The topological polar surface area (TPSA) is 34.1 Å². The van der Waals surface area contributed by atoms with Crippen LogP contribution in [-0.4, -0.2) is 18.5 Å². The average molecular weight is 136 g/mol. The Hall–Kier alpha value is -0.800. The van der Waals surface area contributed by atoms with E-state index in [1.165, 1.54) is 0 Å². The van der Waals surface area contributed by atoms with E-state index in [0.717, 1.165) is 6.92 Å². The highest BCUT2D eigenvalue weighted by Crippen LogP contribution is 2.18. The molecule has 0 aromatic carbocycles. The minimum atomic E-state index is -3.50. The number of halogens is 2. The molecule has 9 heavy (non-hydrogen) atoms. The Morgan fingerprint density at radius 3 is 2.00 bits per heavy atom. The molecule has 2 nitrogen and oxygen atoms in total. The summed E-state index contributed by atoms with van der Waals surface area (Å²) in [5.74, 6) is -5.02. The van der Waals surface area contributed by atoms with E-state index >= 15 is 0 Å². The Balaban J connectivity index is 4.11. The second-order valence-electron chi connectivity index (χ2n) is 1.72. The number of carbonyl (C=O) groups is 2. The molecule has 1 atom stereocenters. The van der Waals surface area contributed by atoms with Crippen LogP contribution >= 0.6 is 0 Å². The molecule has 0 heterocycles.